The standard InChI is InChI=1S/C20H16N4O3/c1-13-10-15(27-23-13)12-22-19(25)11-17-16-4-2-3-5-18(16)24(20(17)26)14-6-8-21-9-7-14/h2-11H,12H2,1H3,(H,22,25)/b17-11-. The van der Waals surface area contributed by atoms with Crippen LogP contribution >= 0.6 is 0 Å². The van der Waals surface area contributed by atoms with Crippen molar-refractivity contribution in [1.82, 2.24) is 15.5 Å². The molecular formula is C20H16N4O3. The number of benzene rings is 1. The van der Waals surface area contributed by atoms with Crippen LogP contribution in [-0.2, 0) is 16.1 Å². The van der Waals surface area contributed by atoms with E-state index in [0.717, 1.165) is 11.4 Å². The van der Waals surface area contributed by atoms with E-state index in [1.54, 1.807) is 42.4 Å². The molecule has 3 aromatic rings. The Bertz CT molecular complexity index is 1040. The number of carbonyl (C=O) groups is 2. The molecule has 0 saturated carbocycles. The predicted molar refractivity (Wildman–Crippen MR) is 98.9 cm³/mol. The minimum absolute atomic E-state index is 0.202. The third-order valence-electron chi connectivity index (χ3n) is 4.18. The number of hydrogen-bond acceptors (Lipinski definition) is 5. The summed E-state index contributed by atoms with van der Waals surface area (Å²) >= 11 is 0. The van der Waals surface area contributed by atoms with Gasteiger partial charge in [0, 0.05) is 30.1 Å². The maximum Gasteiger partial charge on any atom is 0.263 e. The summed E-state index contributed by atoms with van der Waals surface area (Å²) in [6.45, 7) is 2.01. The van der Waals surface area contributed by atoms with E-state index in [-0.39, 0.29) is 18.4 Å². The molecule has 0 radical (unpaired) electrons. The van der Waals surface area contributed by atoms with Gasteiger partial charge in [-0.05, 0) is 25.1 Å². The van der Waals surface area contributed by atoms with Gasteiger partial charge in [0.05, 0.1) is 29.2 Å². The number of nitrogens with zero attached hydrogens (tertiary/aromatic N) is 3. The minimum Gasteiger partial charge on any atom is -0.359 e. The van der Waals surface area contributed by atoms with Crippen LogP contribution in [0.5, 0.6) is 0 Å². The molecule has 1 aromatic carbocycles. The monoisotopic (exact) mass is 360 g/mol. The molecule has 0 unspecified atom stereocenters. The van der Waals surface area contributed by atoms with Gasteiger partial charge < -0.3 is 9.84 Å². The summed E-state index contributed by atoms with van der Waals surface area (Å²) in [7, 11) is 0. The molecule has 134 valence electrons. The van der Waals surface area contributed by atoms with Gasteiger partial charge in [0.1, 0.15) is 0 Å². The van der Waals surface area contributed by atoms with Crippen molar-refractivity contribution in [2.75, 3.05) is 4.90 Å². The number of para-hydroxylation sites is 1. The second-order valence-electron chi connectivity index (χ2n) is 6.07. The summed E-state index contributed by atoms with van der Waals surface area (Å²) in [6.07, 6.45) is 4.57. The Morgan fingerprint density at radius 3 is 2.74 bits per heavy atom. The first-order valence-electron chi connectivity index (χ1n) is 8.39. The Hall–Kier alpha value is -3.74. The van der Waals surface area contributed by atoms with Crippen LogP contribution in [0.15, 0.2) is 65.5 Å². The average molecular weight is 360 g/mol. The van der Waals surface area contributed by atoms with E-state index in [0.29, 0.717) is 22.6 Å². The van der Waals surface area contributed by atoms with Crippen molar-refractivity contribution in [3.8, 4) is 0 Å². The lowest BCUT2D eigenvalue weighted by Crippen LogP contribution is -2.23. The molecule has 7 heteroatoms. The van der Waals surface area contributed by atoms with Crippen molar-refractivity contribution in [2.45, 2.75) is 13.5 Å². The zero-order chi connectivity index (χ0) is 18.8. The SMILES string of the molecule is Cc1cc(CNC(=O)/C=C2\C(=O)N(c3ccncc3)c3ccccc32)on1. The van der Waals surface area contributed by atoms with Gasteiger partial charge in [-0.15, -0.1) is 0 Å². The molecular weight excluding hydrogens is 344 g/mol. The molecule has 1 aliphatic rings. The van der Waals surface area contributed by atoms with Gasteiger partial charge in [0.25, 0.3) is 5.91 Å². The highest BCUT2D eigenvalue weighted by molar-refractivity contribution is 6.37. The van der Waals surface area contributed by atoms with Gasteiger partial charge in [0.2, 0.25) is 5.91 Å². The highest BCUT2D eigenvalue weighted by atomic mass is 16.5. The van der Waals surface area contributed by atoms with Crippen molar-refractivity contribution < 1.29 is 14.1 Å². The lowest BCUT2D eigenvalue weighted by atomic mass is 10.1. The molecule has 1 N–H and O–H groups in total. The van der Waals surface area contributed by atoms with Gasteiger partial charge in [-0.2, -0.15) is 0 Å². The summed E-state index contributed by atoms with van der Waals surface area (Å²) in [5, 5.41) is 6.49. The Morgan fingerprint density at radius 2 is 2.00 bits per heavy atom. The number of aromatic nitrogens is 2. The fourth-order valence-corrected chi connectivity index (χ4v) is 2.99. The number of nitrogens with one attached hydrogen (secondary N) is 1. The zero-order valence-electron chi connectivity index (χ0n) is 14.5. The van der Waals surface area contributed by atoms with Gasteiger partial charge >= 0.3 is 0 Å². The Balaban J connectivity index is 1.61. The summed E-state index contributed by atoms with van der Waals surface area (Å²) in [4.78, 5) is 30.9. The molecule has 4 rings (SSSR count). The molecule has 2 amide bonds. The highest BCUT2D eigenvalue weighted by Crippen LogP contribution is 2.40. The fraction of sp³-hybridized carbons (Fsp3) is 0.100. The van der Waals surface area contributed by atoms with E-state index >= 15 is 0 Å². The Kier molecular flexibility index (Phi) is 4.25. The van der Waals surface area contributed by atoms with Crippen molar-refractivity contribution in [1.29, 1.82) is 0 Å². The Labute approximate surface area is 155 Å². The number of hydrogen-bond donors (Lipinski definition) is 1. The van der Waals surface area contributed by atoms with Gasteiger partial charge in [-0.25, -0.2) is 0 Å². The number of fused-ring (bicyclic) bond motifs is 1. The molecule has 1 aliphatic heterocycles. The largest absolute Gasteiger partial charge is 0.359 e. The number of rotatable bonds is 4. The van der Waals surface area contributed by atoms with Crippen LogP contribution in [0.2, 0.25) is 0 Å². The second-order valence-corrected chi connectivity index (χ2v) is 6.07. The van der Waals surface area contributed by atoms with Crippen LogP contribution < -0.4 is 10.2 Å². The van der Waals surface area contributed by atoms with Crippen molar-refractivity contribution in [2.24, 2.45) is 0 Å². The van der Waals surface area contributed by atoms with Crippen molar-refractivity contribution >= 4 is 28.8 Å². The normalized spacial score (nSPS) is 14.5. The first kappa shape index (κ1) is 16.7. The van der Waals surface area contributed by atoms with Gasteiger partial charge in [-0.1, -0.05) is 23.4 Å². The minimum atomic E-state index is -0.376. The maximum atomic E-state index is 13.0. The highest BCUT2D eigenvalue weighted by Gasteiger charge is 2.33. The quantitative estimate of drug-likeness (QED) is 0.723. The Morgan fingerprint density at radius 1 is 1.22 bits per heavy atom. The van der Waals surface area contributed by atoms with Crippen LogP contribution in [0, 0.1) is 6.92 Å². The lowest BCUT2D eigenvalue weighted by Gasteiger charge is -2.16. The number of aryl methyl sites for hydroxylation is 1. The van der Waals surface area contributed by atoms with Crippen LogP contribution in [0.4, 0.5) is 11.4 Å². The number of carbonyl (C=O) groups excluding carboxylic acids is 2. The number of amides is 2. The smallest absolute Gasteiger partial charge is 0.263 e. The summed E-state index contributed by atoms with van der Waals surface area (Å²) < 4.78 is 5.07. The van der Waals surface area contributed by atoms with E-state index in [1.807, 2.05) is 24.3 Å². The van der Waals surface area contributed by atoms with Crippen LogP contribution in [0.25, 0.3) is 5.57 Å². The lowest BCUT2D eigenvalue weighted by molar-refractivity contribution is -0.117. The van der Waals surface area contributed by atoms with E-state index in [9.17, 15) is 9.59 Å². The van der Waals surface area contributed by atoms with Crippen LogP contribution in [0.3, 0.4) is 0 Å². The predicted octanol–water partition coefficient (Wildman–Crippen LogP) is 2.76. The number of pyridine rings is 1. The van der Waals surface area contributed by atoms with Crippen LogP contribution in [-0.4, -0.2) is 22.0 Å². The van der Waals surface area contributed by atoms with E-state index < -0.39 is 0 Å². The van der Waals surface area contributed by atoms with Crippen LogP contribution in [0.1, 0.15) is 17.0 Å². The molecule has 0 fully saturated rings. The molecule has 0 bridgehead atoms. The molecule has 3 heterocycles. The summed E-state index contributed by atoms with van der Waals surface area (Å²) in [5.74, 6) is -0.0809. The summed E-state index contributed by atoms with van der Waals surface area (Å²) in [6, 6.07) is 12.6. The topological polar surface area (TPSA) is 88.3 Å². The average Bonchev–Trinajstić information content (AvgIpc) is 3.22. The zero-order valence-corrected chi connectivity index (χ0v) is 14.5. The third kappa shape index (κ3) is 3.22. The molecule has 0 atom stereocenters. The molecule has 2 aromatic heterocycles. The van der Waals surface area contributed by atoms with Gasteiger partial charge in [0.15, 0.2) is 5.76 Å². The van der Waals surface area contributed by atoms with E-state index in [4.69, 9.17) is 4.52 Å². The molecule has 7 nitrogen and oxygen atoms in total. The van der Waals surface area contributed by atoms with E-state index in [2.05, 4.69) is 15.5 Å². The first-order valence-corrected chi connectivity index (χ1v) is 8.39. The molecule has 27 heavy (non-hydrogen) atoms. The molecule has 0 aliphatic carbocycles. The maximum absolute atomic E-state index is 13.0. The number of anilines is 2. The molecule has 0 saturated heterocycles. The summed E-state index contributed by atoms with van der Waals surface area (Å²) in [5.41, 5.74) is 3.23. The third-order valence-corrected chi connectivity index (χ3v) is 4.18. The van der Waals surface area contributed by atoms with Crippen molar-refractivity contribution in [3.05, 3.63) is 78.0 Å². The first-order chi connectivity index (χ1) is 13.1. The van der Waals surface area contributed by atoms with Crippen molar-refractivity contribution in [3.63, 3.8) is 0 Å². The second kappa shape index (κ2) is 6.87. The van der Waals surface area contributed by atoms with E-state index in [1.165, 1.54) is 6.08 Å². The van der Waals surface area contributed by atoms with Gasteiger partial charge in [-0.3, -0.25) is 19.5 Å². The fourth-order valence-electron chi connectivity index (χ4n) is 2.99. The molecule has 0 spiro atoms.